The molecule has 0 bridgehead atoms. The van der Waals surface area contributed by atoms with Gasteiger partial charge in [-0.1, -0.05) is 35.0 Å². The van der Waals surface area contributed by atoms with Gasteiger partial charge in [0.05, 0.1) is 43.4 Å². The summed E-state index contributed by atoms with van der Waals surface area (Å²) in [5.74, 6) is -0.915. The molecule has 168 valence electrons. The van der Waals surface area contributed by atoms with E-state index in [1.807, 2.05) is 31.2 Å². The molecule has 3 rings (SSSR count). The molecule has 1 fully saturated rings. The van der Waals surface area contributed by atoms with Crippen molar-refractivity contribution in [1.29, 1.82) is 0 Å². The Morgan fingerprint density at radius 1 is 1.42 bits per heavy atom. The maximum atomic E-state index is 14.5. The SMILES string of the molecule is C[C@@H](Cc1ccc(Br)cc1)C(=O)Nc1cncc(F)c1CC[C@@H]1CN[C@H](COO)CO1. The highest BCUT2D eigenvalue weighted by atomic mass is 79.9. The van der Waals surface area contributed by atoms with Crippen molar-refractivity contribution in [2.24, 2.45) is 5.92 Å². The van der Waals surface area contributed by atoms with E-state index in [9.17, 15) is 9.18 Å². The number of aromatic nitrogens is 1. The third-order valence-corrected chi connectivity index (χ3v) is 5.85. The second-order valence-corrected chi connectivity index (χ2v) is 8.68. The van der Waals surface area contributed by atoms with Gasteiger partial charge in [-0.25, -0.2) is 9.28 Å². The summed E-state index contributed by atoms with van der Waals surface area (Å²) < 4.78 is 21.2. The average Bonchev–Trinajstić information content (AvgIpc) is 2.76. The predicted molar refractivity (Wildman–Crippen MR) is 118 cm³/mol. The molecule has 1 aromatic carbocycles. The maximum absolute atomic E-state index is 14.5. The summed E-state index contributed by atoms with van der Waals surface area (Å²) in [5, 5.41) is 14.6. The number of halogens is 2. The van der Waals surface area contributed by atoms with Gasteiger partial charge in [0, 0.05) is 22.5 Å². The third kappa shape index (κ3) is 7.05. The molecule has 7 nitrogen and oxygen atoms in total. The van der Waals surface area contributed by atoms with E-state index in [0.29, 0.717) is 43.7 Å². The highest BCUT2D eigenvalue weighted by molar-refractivity contribution is 9.10. The van der Waals surface area contributed by atoms with Crippen molar-refractivity contribution >= 4 is 27.5 Å². The van der Waals surface area contributed by atoms with Crippen LogP contribution in [0.2, 0.25) is 0 Å². The molecule has 1 amide bonds. The largest absolute Gasteiger partial charge is 0.375 e. The number of anilines is 1. The average molecular weight is 496 g/mol. The minimum absolute atomic E-state index is 0.0685. The smallest absolute Gasteiger partial charge is 0.227 e. The molecule has 1 aliphatic rings. The monoisotopic (exact) mass is 495 g/mol. The topological polar surface area (TPSA) is 92.7 Å². The van der Waals surface area contributed by atoms with E-state index in [1.165, 1.54) is 6.20 Å². The number of morpholine rings is 1. The number of hydrogen-bond donors (Lipinski definition) is 3. The molecule has 0 spiro atoms. The zero-order valence-corrected chi connectivity index (χ0v) is 18.9. The van der Waals surface area contributed by atoms with Crippen LogP contribution in [0, 0.1) is 11.7 Å². The number of amides is 1. The van der Waals surface area contributed by atoms with Gasteiger partial charge in [0.1, 0.15) is 5.82 Å². The van der Waals surface area contributed by atoms with Crippen LogP contribution in [0.5, 0.6) is 0 Å². The summed E-state index contributed by atoms with van der Waals surface area (Å²) in [5.41, 5.74) is 1.86. The first-order valence-corrected chi connectivity index (χ1v) is 11.0. The minimum Gasteiger partial charge on any atom is -0.375 e. The van der Waals surface area contributed by atoms with Crippen LogP contribution in [-0.2, 0) is 27.3 Å². The van der Waals surface area contributed by atoms with E-state index in [1.54, 1.807) is 0 Å². The molecule has 0 saturated carbocycles. The number of rotatable bonds is 9. The van der Waals surface area contributed by atoms with Crippen LogP contribution >= 0.6 is 15.9 Å². The Labute approximate surface area is 189 Å². The fraction of sp³-hybridized carbons (Fsp3) is 0.455. The number of pyridine rings is 1. The molecule has 9 heteroatoms. The van der Waals surface area contributed by atoms with E-state index < -0.39 is 5.82 Å². The molecule has 0 aliphatic carbocycles. The first-order valence-electron chi connectivity index (χ1n) is 10.2. The number of nitrogens with zero attached hydrogens (tertiary/aromatic N) is 1. The van der Waals surface area contributed by atoms with Crippen LogP contribution in [0.1, 0.15) is 24.5 Å². The zero-order chi connectivity index (χ0) is 22.2. The lowest BCUT2D eigenvalue weighted by molar-refractivity contribution is -0.251. The Kier molecular flexibility index (Phi) is 8.91. The van der Waals surface area contributed by atoms with E-state index in [2.05, 4.69) is 36.4 Å². The number of nitrogens with one attached hydrogen (secondary N) is 2. The van der Waals surface area contributed by atoms with Crippen LogP contribution in [0.15, 0.2) is 41.1 Å². The molecule has 3 atom stereocenters. The fourth-order valence-electron chi connectivity index (χ4n) is 3.50. The van der Waals surface area contributed by atoms with Crippen LogP contribution in [0.4, 0.5) is 10.1 Å². The number of carbonyl (C=O) groups excluding carboxylic acids is 1. The molecule has 31 heavy (non-hydrogen) atoms. The Balaban J connectivity index is 1.57. The second-order valence-electron chi connectivity index (χ2n) is 7.76. The Bertz CT molecular complexity index is 860. The Morgan fingerprint density at radius 3 is 2.87 bits per heavy atom. The lowest BCUT2D eigenvalue weighted by Gasteiger charge is -2.29. The summed E-state index contributed by atoms with van der Waals surface area (Å²) >= 11 is 3.40. The predicted octanol–water partition coefficient (Wildman–Crippen LogP) is 3.58. The molecule has 1 aliphatic heterocycles. The fourth-order valence-corrected chi connectivity index (χ4v) is 3.77. The first-order chi connectivity index (χ1) is 15.0. The standard InChI is InChI=1S/C22H27BrFN3O4/c1-14(8-15-2-4-16(23)5-3-15)22(28)27-21-11-25-10-20(24)19(21)7-6-18-9-26-17(12-30-18)13-31-29/h2-5,10-11,14,17-18,26,29H,6-9,12-13H2,1H3,(H,27,28)/t14-,17-,18+/m0/s1. The van der Waals surface area contributed by atoms with Crippen LogP contribution < -0.4 is 10.6 Å². The second kappa shape index (κ2) is 11.6. The van der Waals surface area contributed by atoms with Gasteiger partial charge in [0.25, 0.3) is 0 Å². The van der Waals surface area contributed by atoms with Gasteiger partial charge in [-0.2, -0.15) is 0 Å². The van der Waals surface area contributed by atoms with Gasteiger partial charge in [0.15, 0.2) is 0 Å². The lowest BCUT2D eigenvalue weighted by Crippen LogP contribution is -2.48. The first kappa shape index (κ1) is 23.7. The molecule has 2 aromatic rings. The quantitative estimate of drug-likeness (QED) is 0.363. The zero-order valence-electron chi connectivity index (χ0n) is 17.3. The van der Waals surface area contributed by atoms with Gasteiger partial charge in [-0.3, -0.25) is 15.0 Å². The summed E-state index contributed by atoms with van der Waals surface area (Å²) in [6, 6.07) is 7.75. The van der Waals surface area contributed by atoms with Crippen molar-refractivity contribution in [1.82, 2.24) is 10.3 Å². The van der Waals surface area contributed by atoms with Gasteiger partial charge < -0.3 is 15.4 Å². The van der Waals surface area contributed by atoms with Crippen molar-refractivity contribution in [3.05, 3.63) is 58.1 Å². The van der Waals surface area contributed by atoms with Crippen LogP contribution in [0.25, 0.3) is 0 Å². The van der Waals surface area contributed by atoms with Crippen LogP contribution in [-0.4, -0.2) is 48.1 Å². The van der Waals surface area contributed by atoms with Crippen LogP contribution in [0.3, 0.4) is 0 Å². The lowest BCUT2D eigenvalue weighted by atomic mass is 9.99. The molecular formula is C22H27BrFN3O4. The number of benzene rings is 1. The maximum Gasteiger partial charge on any atom is 0.227 e. The Morgan fingerprint density at radius 2 is 2.19 bits per heavy atom. The third-order valence-electron chi connectivity index (χ3n) is 5.32. The molecule has 2 heterocycles. The van der Waals surface area contributed by atoms with Crippen molar-refractivity contribution in [3.8, 4) is 0 Å². The van der Waals surface area contributed by atoms with E-state index in [4.69, 9.17) is 9.99 Å². The van der Waals surface area contributed by atoms with Crippen molar-refractivity contribution in [3.63, 3.8) is 0 Å². The summed E-state index contributed by atoms with van der Waals surface area (Å²) in [6.45, 7) is 2.98. The Hall–Kier alpha value is -1.91. The van der Waals surface area contributed by atoms with Gasteiger partial charge in [-0.05, 0) is 37.0 Å². The minimum atomic E-state index is -0.450. The van der Waals surface area contributed by atoms with Crippen molar-refractivity contribution in [2.75, 3.05) is 25.1 Å². The van der Waals surface area contributed by atoms with Gasteiger partial charge in [0.2, 0.25) is 5.91 Å². The van der Waals surface area contributed by atoms with Crippen molar-refractivity contribution in [2.45, 2.75) is 38.3 Å². The highest BCUT2D eigenvalue weighted by Crippen LogP contribution is 2.23. The summed E-state index contributed by atoms with van der Waals surface area (Å²) in [6.07, 6.45) is 4.11. The van der Waals surface area contributed by atoms with E-state index in [-0.39, 0.29) is 30.6 Å². The molecule has 1 saturated heterocycles. The molecule has 0 radical (unpaired) electrons. The van der Waals surface area contributed by atoms with E-state index >= 15 is 0 Å². The van der Waals surface area contributed by atoms with Gasteiger partial charge in [-0.15, -0.1) is 0 Å². The van der Waals surface area contributed by atoms with E-state index in [0.717, 1.165) is 16.2 Å². The molecule has 1 aromatic heterocycles. The summed E-state index contributed by atoms with van der Waals surface area (Å²) in [4.78, 5) is 20.7. The molecule has 0 unspecified atom stereocenters. The number of ether oxygens (including phenoxy) is 1. The molecule has 3 N–H and O–H groups in total. The number of carbonyl (C=O) groups is 1. The number of hydrogen-bond acceptors (Lipinski definition) is 6. The summed E-state index contributed by atoms with van der Waals surface area (Å²) in [7, 11) is 0. The van der Waals surface area contributed by atoms with Crippen molar-refractivity contribution < 1.29 is 24.1 Å². The molecular weight excluding hydrogens is 469 g/mol. The van der Waals surface area contributed by atoms with Gasteiger partial charge >= 0.3 is 0 Å². The normalized spacial score (nSPS) is 19.7. The highest BCUT2D eigenvalue weighted by Gasteiger charge is 2.23.